The molecule has 0 bridgehead atoms. The van der Waals surface area contributed by atoms with E-state index in [-0.39, 0.29) is 6.03 Å². The second-order valence-corrected chi connectivity index (χ2v) is 6.05. The Morgan fingerprint density at radius 2 is 1.91 bits per heavy atom. The van der Waals surface area contributed by atoms with Crippen LogP contribution in [0, 0.1) is 5.92 Å². The molecule has 0 aromatic heterocycles. The van der Waals surface area contributed by atoms with E-state index in [9.17, 15) is 9.59 Å². The molecule has 1 rings (SSSR count). The molecule has 6 nitrogen and oxygen atoms in total. The zero-order chi connectivity index (χ0) is 16.4. The molecule has 1 heterocycles. The Labute approximate surface area is 133 Å². The monoisotopic (exact) mass is 313 g/mol. The first kappa shape index (κ1) is 18.7. The minimum Gasteiger partial charge on any atom is -0.481 e. The smallest absolute Gasteiger partial charge is 0.317 e. The van der Waals surface area contributed by atoms with Gasteiger partial charge in [0, 0.05) is 19.6 Å². The van der Waals surface area contributed by atoms with E-state index >= 15 is 0 Å². The number of hydrogen-bond donors (Lipinski definition) is 2. The molecule has 1 aliphatic heterocycles. The van der Waals surface area contributed by atoms with Crippen LogP contribution < -0.4 is 5.32 Å². The standard InChI is InChI=1S/C16H31N3O3/c1-3-9-18(10-4-2)11-6-8-17-16(22)19-12-5-7-14(13-19)15(20)21/h14H,3-13H2,1-2H3,(H,17,22)(H,20,21). The van der Waals surface area contributed by atoms with Crippen molar-refractivity contribution in [3.63, 3.8) is 0 Å². The topological polar surface area (TPSA) is 72.9 Å². The van der Waals surface area contributed by atoms with E-state index in [1.807, 2.05) is 0 Å². The lowest BCUT2D eigenvalue weighted by molar-refractivity contribution is -0.143. The van der Waals surface area contributed by atoms with Gasteiger partial charge >= 0.3 is 12.0 Å². The molecule has 2 amide bonds. The summed E-state index contributed by atoms with van der Waals surface area (Å²) in [7, 11) is 0. The molecular weight excluding hydrogens is 282 g/mol. The molecule has 1 saturated heterocycles. The van der Waals surface area contributed by atoms with Gasteiger partial charge in [0.2, 0.25) is 0 Å². The maximum atomic E-state index is 12.1. The SMILES string of the molecule is CCCN(CCC)CCCNC(=O)N1CCCC(C(=O)O)C1. The number of nitrogens with one attached hydrogen (secondary N) is 1. The second kappa shape index (κ2) is 10.4. The quantitative estimate of drug-likeness (QED) is 0.639. The number of rotatable bonds is 9. The van der Waals surface area contributed by atoms with Crippen molar-refractivity contribution in [3.05, 3.63) is 0 Å². The largest absolute Gasteiger partial charge is 0.481 e. The van der Waals surface area contributed by atoms with Gasteiger partial charge in [0.25, 0.3) is 0 Å². The number of carbonyl (C=O) groups excluding carboxylic acids is 1. The minimum absolute atomic E-state index is 0.122. The zero-order valence-corrected chi connectivity index (χ0v) is 14.0. The van der Waals surface area contributed by atoms with Crippen LogP contribution in [0.4, 0.5) is 4.79 Å². The van der Waals surface area contributed by atoms with Gasteiger partial charge in [0.15, 0.2) is 0 Å². The number of piperidine rings is 1. The summed E-state index contributed by atoms with van der Waals surface area (Å²) in [4.78, 5) is 27.1. The van der Waals surface area contributed by atoms with Crippen LogP contribution in [0.15, 0.2) is 0 Å². The van der Waals surface area contributed by atoms with E-state index < -0.39 is 11.9 Å². The van der Waals surface area contributed by atoms with E-state index in [0.717, 1.165) is 45.3 Å². The van der Waals surface area contributed by atoms with Gasteiger partial charge in [0.1, 0.15) is 0 Å². The fourth-order valence-corrected chi connectivity index (χ4v) is 2.94. The first-order valence-electron chi connectivity index (χ1n) is 8.56. The van der Waals surface area contributed by atoms with Crippen LogP contribution in [0.2, 0.25) is 0 Å². The van der Waals surface area contributed by atoms with Crippen molar-refractivity contribution >= 4 is 12.0 Å². The molecule has 1 atom stereocenters. The Hall–Kier alpha value is -1.30. The Morgan fingerprint density at radius 1 is 1.23 bits per heavy atom. The molecule has 1 unspecified atom stereocenters. The van der Waals surface area contributed by atoms with Crippen molar-refractivity contribution in [2.24, 2.45) is 5.92 Å². The third-order valence-corrected chi connectivity index (χ3v) is 4.06. The van der Waals surface area contributed by atoms with Crippen molar-refractivity contribution in [1.29, 1.82) is 0 Å². The first-order chi connectivity index (χ1) is 10.6. The predicted octanol–water partition coefficient (Wildman–Crippen LogP) is 2.00. The molecule has 0 saturated carbocycles. The summed E-state index contributed by atoms with van der Waals surface area (Å²) in [6.07, 6.45) is 4.67. The highest BCUT2D eigenvalue weighted by Crippen LogP contribution is 2.16. The summed E-state index contributed by atoms with van der Waals surface area (Å²) >= 11 is 0. The molecule has 128 valence electrons. The molecule has 0 aromatic carbocycles. The first-order valence-corrected chi connectivity index (χ1v) is 8.56. The van der Waals surface area contributed by atoms with Gasteiger partial charge in [0.05, 0.1) is 5.92 Å². The molecule has 0 radical (unpaired) electrons. The van der Waals surface area contributed by atoms with Gasteiger partial charge in [-0.25, -0.2) is 4.79 Å². The Morgan fingerprint density at radius 3 is 2.50 bits per heavy atom. The number of aliphatic carboxylic acids is 1. The van der Waals surface area contributed by atoms with E-state index in [0.29, 0.717) is 26.1 Å². The number of likely N-dealkylation sites (tertiary alicyclic amines) is 1. The number of carboxylic acids is 1. The molecule has 0 aromatic rings. The van der Waals surface area contributed by atoms with E-state index in [2.05, 4.69) is 24.1 Å². The fourth-order valence-electron chi connectivity index (χ4n) is 2.94. The van der Waals surface area contributed by atoms with Crippen molar-refractivity contribution in [2.75, 3.05) is 39.3 Å². The van der Waals surface area contributed by atoms with Gasteiger partial charge in [-0.2, -0.15) is 0 Å². The van der Waals surface area contributed by atoms with Gasteiger partial charge in [-0.1, -0.05) is 13.8 Å². The fraction of sp³-hybridized carbons (Fsp3) is 0.875. The van der Waals surface area contributed by atoms with Crippen LogP contribution in [0.3, 0.4) is 0 Å². The van der Waals surface area contributed by atoms with Crippen LogP contribution in [0.1, 0.15) is 46.0 Å². The summed E-state index contributed by atoms with van der Waals surface area (Å²) < 4.78 is 0. The van der Waals surface area contributed by atoms with Gasteiger partial charge in [-0.05, 0) is 51.7 Å². The van der Waals surface area contributed by atoms with Gasteiger partial charge in [-0.3, -0.25) is 4.79 Å². The lowest BCUT2D eigenvalue weighted by atomic mass is 9.99. The summed E-state index contributed by atoms with van der Waals surface area (Å²) in [5.74, 6) is -1.21. The third kappa shape index (κ3) is 6.64. The summed E-state index contributed by atoms with van der Waals surface area (Å²) in [5.41, 5.74) is 0. The van der Waals surface area contributed by atoms with E-state index in [1.54, 1.807) is 4.90 Å². The Balaban J connectivity index is 2.23. The summed E-state index contributed by atoms with van der Waals surface area (Å²) in [6, 6.07) is -0.122. The molecule has 6 heteroatoms. The molecule has 0 aliphatic carbocycles. The van der Waals surface area contributed by atoms with Crippen molar-refractivity contribution < 1.29 is 14.7 Å². The van der Waals surface area contributed by atoms with Crippen LogP contribution in [-0.2, 0) is 4.79 Å². The van der Waals surface area contributed by atoms with Crippen molar-refractivity contribution in [1.82, 2.24) is 15.1 Å². The van der Waals surface area contributed by atoms with Gasteiger partial charge < -0.3 is 20.2 Å². The Bertz CT molecular complexity index is 344. The average molecular weight is 313 g/mol. The summed E-state index contributed by atoms with van der Waals surface area (Å²) in [5, 5.41) is 12.0. The highest BCUT2D eigenvalue weighted by Gasteiger charge is 2.27. The zero-order valence-electron chi connectivity index (χ0n) is 14.0. The molecule has 22 heavy (non-hydrogen) atoms. The highest BCUT2D eigenvalue weighted by molar-refractivity contribution is 5.76. The van der Waals surface area contributed by atoms with Crippen molar-refractivity contribution in [3.8, 4) is 0 Å². The normalized spacial score (nSPS) is 18.5. The lowest BCUT2D eigenvalue weighted by Gasteiger charge is -2.30. The molecule has 1 fully saturated rings. The summed E-state index contributed by atoms with van der Waals surface area (Å²) in [6.45, 7) is 9.21. The average Bonchev–Trinajstić information content (AvgIpc) is 2.51. The number of carboxylic acid groups (broad SMARTS) is 1. The predicted molar refractivity (Wildman–Crippen MR) is 87.0 cm³/mol. The maximum Gasteiger partial charge on any atom is 0.317 e. The molecule has 2 N–H and O–H groups in total. The van der Waals surface area contributed by atoms with E-state index in [4.69, 9.17) is 5.11 Å². The Kier molecular flexibility index (Phi) is 8.89. The van der Waals surface area contributed by atoms with Crippen LogP contribution in [-0.4, -0.2) is 66.2 Å². The third-order valence-electron chi connectivity index (χ3n) is 4.06. The lowest BCUT2D eigenvalue weighted by Crippen LogP contribution is -2.47. The molecular formula is C16H31N3O3. The number of hydrogen-bond acceptors (Lipinski definition) is 3. The van der Waals surface area contributed by atoms with E-state index in [1.165, 1.54) is 0 Å². The van der Waals surface area contributed by atoms with Gasteiger partial charge in [-0.15, -0.1) is 0 Å². The number of amides is 2. The maximum absolute atomic E-state index is 12.1. The van der Waals surface area contributed by atoms with Crippen LogP contribution in [0.5, 0.6) is 0 Å². The number of carbonyl (C=O) groups is 2. The van der Waals surface area contributed by atoms with Crippen LogP contribution in [0.25, 0.3) is 0 Å². The van der Waals surface area contributed by atoms with Crippen LogP contribution >= 0.6 is 0 Å². The molecule has 1 aliphatic rings. The van der Waals surface area contributed by atoms with Crippen molar-refractivity contribution in [2.45, 2.75) is 46.0 Å². The molecule has 0 spiro atoms. The number of nitrogens with zero attached hydrogens (tertiary/aromatic N) is 2. The second-order valence-electron chi connectivity index (χ2n) is 6.05. The number of urea groups is 1. The minimum atomic E-state index is -0.799. The highest BCUT2D eigenvalue weighted by atomic mass is 16.4.